The molecule has 0 bridgehead atoms. The largest absolute Gasteiger partial charge is 0.487 e. The highest BCUT2D eigenvalue weighted by molar-refractivity contribution is 7.13. The number of hydrogen-bond acceptors (Lipinski definition) is 8. The van der Waals surface area contributed by atoms with Gasteiger partial charge in [0.2, 0.25) is 0 Å². The molecule has 1 atom stereocenters. The summed E-state index contributed by atoms with van der Waals surface area (Å²) in [7, 11) is 0. The molecule has 0 spiro atoms. The van der Waals surface area contributed by atoms with Gasteiger partial charge >= 0.3 is 5.97 Å². The Kier molecular flexibility index (Phi) is 8.97. The number of rotatable bonds is 9. The maximum absolute atomic E-state index is 15.3. The van der Waals surface area contributed by atoms with E-state index in [2.05, 4.69) is 21.7 Å². The number of nitrogens with one attached hydrogen (secondary N) is 2. The van der Waals surface area contributed by atoms with E-state index in [0.717, 1.165) is 60.9 Å². The molecule has 3 N–H and O–H groups in total. The summed E-state index contributed by atoms with van der Waals surface area (Å²) < 4.78 is 33.7. The van der Waals surface area contributed by atoms with Gasteiger partial charge in [-0.25, -0.2) is 14.2 Å². The minimum Gasteiger partial charge on any atom is -0.487 e. The molecule has 222 valence electrons. The van der Waals surface area contributed by atoms with Crippen molar-refractivity contribution in [2.75, 3.05) is 31.6 Å². The lowest BCUT2D eigenvalue weighted by Gasteiger charge is -2.19. The number of carbonyl (C=O) groups is 1. The first kappa shape index (κ1) is 28.9. The lowest BCUT2D eigenvalue weighted by Crippen LogP contribution is -2.18. The number of ether oxygens (including phenoxy) is 3. The van der Waals surface area contributed by atoms with Gasteiger partial charge in [0.25, 0.3) is 0 Å². The van der Waals surface area contributed by atoms with Gasteiger partial charge in [0, 0.05) is 48.5 Å². The molecule has 1 fully saturated rings. The van der Waals surface area contributed by atoms with E-state index in [4.69, 9.17) is 19.3 Å². The van der Waals surface area contributed by atoms with Crippen LogP contribution in [0, 0.1) is 5.82 Å². The fourth-order valence-electron chi connectivity index (χ4n) is 5.22. The van der Waals surface area contributed by atoms with Gasteiger partial charge in [-0.2, -0.15) is 0 Å². The zero-order valence-electron chi connectivity index (χ0n) is 23.5. The number of benzene rings is 3. The molecule has 0 radical (unpaired) electrons. The van der Waals surface area contributed by atoms with Crippen LogP contribution in [-0.4, -0.2) is 48.5 Å². The highest BCUT2D eigenvalue weighted by atomic mass is 32.1. The van der Waals surface area contributed by atoms with Crippen molar-refractivity contribution >= 4 is 22.4 Å². The van der Waals surface area contributed by atoms with Crippen LogP contribution >= 0.6 is 11.3 Å². The molecule has 4 aromatic rings. The maximum atomic E-state index is 15.3. The lowest BCUT2D eigenvalue weighted by molar-refractivity contribution is 0.0671. The number of fused-ring (bicyclic) bond motifs is 1. The van der Waals surface area contributed by atoms with Crippen molar-refractivity contribution in [3.63, 3.8) is 0 Å². The third kappa shape index (κ3) is 7.22. The van der Waals surface area contributed by atoms with Crippen molar-refractivity contribution in [2.24, 2.45) is 0 Å². The Morgan fingerprint density at radius 2 is 2.00 bits per heavy atom. The number of aromatic carboxylic acids is 1. The van der Waals surface area contributed by atoms with Gasteiger partial charge in [-0.1, -0.05) is 18.2 Å². The zero-order valence-corrected chi connectivity index (χ0v) is 24.3. The fourth-order valence-corrected chi connectivity index (χ4v) is 5.78. The monoisotopic (exact) mass is 601 g/mol. The number of carboxylic acid groups (broad SMARTS) is 1. The first-order valence-corrected chi connectivity index (χ1v) is 15.2. The number of carboxylic acids is 1. The topological polar surface area (TPSA) is 102 Å². The maximum Gasteiger partial charge on any atom is 0.335 e. The average Bonchev–Trinajstić information content (AvgIpc) is 3.73. The summed E-state index contributed by atoms with van der Waals surface area (Å²) in [5.41, 5.74) is 4.31. The summed E-state index contributed by atoms with van der Waals surface area (Å²) >= 11 is 1.54. The third-order valence-electron chi connectivity index (χ3n) is 7.47. The molecule has 1 unspecified atom stereocenters. The molecule has 2 aliphatic rings. The average molecular weight is 602 g/mol. The smallest absolute Gasteiger partial charge is 0.335 e. The summed E-state index contributed by atoms with van der Waals surface area (Å²) in [5.74, 6) is -0.102. The molecule has 3 aromatic carbocycles. The quantitative estimate of drug-likeness (QED) is 0.195. The van der Waals surface area contributed by atoms with Crippen LogP contribution in [0.25, 0.3) is 11.1 Å². The van der Waals surface area contributed by atoms with Crippen LogP contribution in [0.3, 0.4) is 0 Å². The first-order chi connectivity index (χ1) is 21.0. The van der Waals surface area contributed by atoms with Crippen LogP contribution in [0.15, 0.2) is 77.9 Å². The van der Waals surface area contributed by atoms with E-state index < -0.39 is 11.8 Å². The zero-order chi connectivity index (χ0) is 29.6. The Balaban J connectivity index is 1.30. The number of aromatic nitrogens is 1. The molecule has 1 saturated heterocycles. The molecule has 2 aliphatic heterocycles. The van der Waals surface area contributed by atoms with Crippen molar-refractivity contribution in [2.45, 2.75) is 31.8 Å². The molecule has 1 aromatic heterocycles. The molecule has 3 heterocycles. The third-order valence-corrected chi connectivity index (χ3v) is 8.16. The van der Waals surface area contributed by atoms with Gasteiger partial charge in [-0.05, 0) is 78.9 Å². The number of allylic oxidation sites excluding steroid dienone is 1. The fraction of sp³-hybridized carbons (Fsp3) is 0.273. The van der Waals surface area contributed by atoms with Gasteiger partial charge in [0.1, 0.15) is 18.2 Å². The van der Waals surface area contributed by atoms with Crippen molar-refractivity contribution in [3.8, 4) is 28.4 Å². The molecule has 0 saturated carbocycles. The van der Waals surface area contributed by atoms with E-state index in [1.165, 1.54) is 18.2 Å². The number of halogens is 1. The minimum atomic E-state index is -1.03. The second-order valence-electron chi connectivity index (χ2n) is 10.5. The normalized spacial score (nSPS) is 18.0. The van der Waals surface area contributed by atoms with Gasteiger partial charge in [0.05, 0.1) is 11.7 Å². The summed E-state index contributed by atoms with van der Waals surface area (Å²) in [5, 5.41) is 18.8. The van der Waals surface area contributed by atoms with Crippen LogP contribution in [-0.2, 0) is 17.6 Å². The van der Waals surface area contributed by atoms with E-state index in [1.54, 1.807) is 41.8 Å². The van der Waals surface area contributed by atoms with Gasteiger partial charge in [-0.15, -0.1) is 11.3 Å². The molecule has 6 rings (SSSR count). The van der Waals surface area contributed by atoms with E-state index >= 15 is 4.39 Å². The summed E-state index contributed by atoms with van der Waals surface area (Å²) in [6, 6.07) is 14.8. The second kappa shape index (κ2) is 13.4. The minimum absolute atomic E-state index is 0.0287. The van der Waals surface area contributed by atoms with Crippen molar-refractivity contribution < 1.29 is 28.5 Å². The van der Waals surface area contributed by atoms with Crippen molar-refractivity contribution in [1.29, 1.82) is 0 Å². The Morgan fingerprint density at radius 1 is 1.14 bits per heavy atom. The molecular formula is C33H32FN3O5S. The molecule has 10 heteroatoms. The Hall–Kier alpha value is -4.25. The van der Waals surface area contributed by atoms with E-state index in [0.29, 0.717) is 41.4 Å². The van der Waals surface area contributed by atoms with Gasteiger partial charge in [0.15, 0.2) is 16.6 Å². The molecule has 0 amide bonds. The molecule has 43 heavy (non-hydrogen) atoms. The Labute approximate surface area is 253 Å². The summed E-state index contributed by atoms with van der Waals surface area (Å²) in [6.07, 6.45) is 7.35. The molecule has 8 nitrogen and oxygen atoms in total. The Morgan fingerprint density at radius 3 is 2.74 bits per heavy atom. The van der Waals surface area contributed by atoms with Crippen molar-refractivity contribution in [1.82, 2.24) is 10.3 Å². The first-order valence-electron chi connectivity index (χ1n) is 14.3. The van der Waals surface area contributed by atoms with Crippen LogP contribution in [0.2, 0.25) is 0 Å². The molecule has 0 aliphatic carbocycles. The van der Waals surface area contributed by atoms with Crippen molar-refractivity contribution in [3.05, 3.63) is 100 Å². The van der Waals surface area contributed by atoms with Crippen LogP contribution in [0.1, 0.15) is 34.3 Å². The number of hydrogen-bond donors (Lipinski definition) is 3. The number of nitrogens with zero attached hydrogens (tertiary/aromatic N) is 1. The summed E-state index contributed by atoms with van der Waals surface area (Å²) in [6.45, 7) is 2.68. The van der Waals surface area contributed by atoms with Crippen LogP contribution in [0.4, 0.5) is 9.52 Å². The van der Waals surface area contributed by atoms with Gasteiger partial charge < -0.3 is 30.0 Å². The number of anilines is 1. The lowest BCUT2D eigenvalue weighted by atomic mass is 9.99. The van der Waals surface area contributed by atoms with E-state index in [9.17, 15) is 4.79 Å². The standard InChI is InChI=1S/C33H32FN3O5S/c34-29-19-26(7-8-28(29)21-3-5-22(6-4-21)32(38)39)42-31-18-24-16-25(37-33-36-13-15-43-33)10-12-35-11-9-23(24)17-30(31)41-20-27-2-1-14-40-27/h3-8,10,13,15,17-19,27,35H,1-2,9,11-12,14,16,20H2,(H,36,37)(H,38,39)/b25-10+. The highest BCUT2D eigenvalue weighted by Crippen LogP contribution is 2.38. The van der Waals surface area contributed by atoms with Gasteiger partial charge in [-0.3, -0.25) is 0 Å². The van der Waals surface area contributed by atoms with Crippen LogP contribution in [0.5, 0.6) is 17.2 Å². The predicted octanol–water partition coefficient (Wildman–Crippen LogP) is 6.68. The van der Waals surface area contributed by atoms with E-state index in [-0.39, 0.29) is 11.7 Å². The highest BCUT2D eigenvalue weighted by Gasteiger charge is 2.20. The summed E-state index contributed by atoms with van der Waals surface area (Å²) in [4.78, 5) is 15.6. The predicted molar refractivity (Wildman–Crippen MR) is 164 cm³/mol. The Bertz CT molecular complexity index is 1600. The number of thiazole rings is 1. The SMILES string of the molecule is O=C(O)c1ccc(-c2ccc(Oc3cc4c(cc3OCC3CCCO3)CCNC/C=C(/Nc3nccs3)C4)cc2F)cc1. The van der Waals surface area contributed by atoms with E-state index in [1.807, 2.05) is 17.5 Å². The second-order valence-corrected chi connectivity index (χ2v) is 11.4. The molecular weight excluding hydrogens is 569 g/mol. The van der Waals surface area contributed by atoms with Crippen LogP contribution < -0.4 is 20.1 Å².